The van der Waals surface area contributed by atoms with Crippen LogP contribution in [0.4, 0.5) is 0 Å². The Bertz CT molecular complexity index is 503. The standard InChI is InChI=1S/C31H60O5/c1-27(2)21-17-13-9-6-5-7-11-15-19-23-30(33)35-25-29(32)26-36-31(34)24-20-16-12-8-10-14-18-22-28(3)4/h27-29,32H,5-26H2,1-4H3/t29-/m1/s1. The van der Waals surface area contributed by atoms with Crippen molar-refractivity contribution in [1.29, 1.82) is 0 Å². The van der Waals surface area contributed by atoms with E-state index < -0.39 is 6.10 Å². The molecule has 0 heterocycles. The Labute approximate surface area is 223 Å². The first kappa shape index (κ1) is 34.9. The van der Waals surface area contributed by atoms with Gasteiger partial charge in [0.25, 0.3) is 0 Å². The maximum Gasteiger partial charge on any atom is 0.305 e. The molecule has 0 saturated carbocycles. The van der Waals surface area contributed by atoms with Crippen molar-refractivity contribution in [2.24, 2.45) is 11.8 Å². The molecular weight excluding hydrogens is 452 g/mol. The summed E-state index contributed by atoms with van der Waals surface area (Å²) in [5, 5.41) is 9.91. The summed E-state index contributed by atoms with van der Waals surface area (Å²) < 4.78 is 10.2. The van der Waals surface area contributed by atoms with Gasteiger partial charge >= 0.3 is 11.9 Å². The highest BCUT2D eigenvalue weighted by Gasteiger charge is 2.12. The third-order valence-corrected chi connectivity index (χ3v) is 6.70. The molecular formula is C31H60O5. The quantitative estimate of drug-likeness (QED) is 0.0928. The molecule has 0 fully saturated rings. The Balaban J connectivity index is 3.44. The predicted octanol–water partition coefficient (Wildman–Crippen LogP) is 8.55. The second kappa shape index (κ2) is 25.5. The van der Waals surface area contributed by atoms with E-state index in [9.17, 15) is 14.7 Å². The molecule has 0 aliphatic heterocycles. The first-order valence-corrected chi connectivity index (χ1v) is 15.3. The predicted molar refractivity (Wildman–Crippen MR) is 150 cm³/mol. The number of aliphatic hydroxyl groups excluding tert-OH is 1. The van der Waals surface area contributed by atoms with E-state index in [-0.39, 0.29) is 25.2 Å². The van der Waals surface area contributed by atoms with Crippen LogP contribution >= 0.6 is 0 Å². The third-order valence-electron chi connectivity index (χ3n) is 6.70. The van der Waals surface area contributed by atoms with Gasteiger partial charge < -0.3 is 14.6 Å². The molecule has 0 saturated heterocycles. The van der Waals surface area contributed by atoms with Crippen LogP contribution in [-0.4, -0.2) is 36.4 Å². The van der Waals surface area contributed by atoms with Crippen molar-refractivity contribution in [3.63, 3.8) is 0 Å². The fourth-order valence-electron chi connectivity index (χ4n) is 4.34. The van der Waals surface area contributed by atoms with E-state index in [1.807, 2.05) is 0 Å². The fourth-order valence-corrected chi connectivity index (χ4v) is 4.34. The molecule has 0 unspecified atom stereocenters. The molecule has 5 nitrogen and oxygen atoms in total. The van der Waals surface area contributed by atoms with Gasteiger partial charge in [-0.25, -0.2) is 0 Å². The summed E-state index contributed by atoms with van der Waals surface area (Å²) in [6, 6.07) is 0. The van der Waals surface area contributed by atoms with Crippen molar-refractivity contribution < 1.29 is 24.2 Å². The van der Waals surface area contributed by atoms with Crippen LogP contribution in [0.3, 0.4) is 0 Å². The van der Waals surface area contributed by atoms with E-state index in [0.29, 0.717) is 12.8 Å². The minimum absolute atomic E-state index is 0.111. The number of unbranched alkanes of at least 4 members (excludes halogenated alkanes) is 14. The zero-order valence-corrected chi connectivity index (χ0v) is 24.4. The maximum atomic E-state index is 11.8. The van der Waals surface area contributed by atoms with Crippen LogP contribution in [0.25, 0.3) is 0 Å². The Hall–Kier alpha value is -1.10. The zero-order chi connectivity index (χ0) is 26.9. The van der Waals surface area contributed by atoms with Crippen molar-refractivity contribution in [3.05, 3.63) is 0 Å². The molecule has 0 aliphatic carbocycles. The average Bonchev–Trinajstić information content (AvgIpc) is 2.83. The molecule has 0 aromatic rings. The summed E-state index contributed by atoms with van der Waals surface area (Å²) in [7, 11) is 0. The fraction of sp³-hybridized carbons (Fsp3) is 0.935. The number of carbonyl (C=O) groups excluding carboxylic acids is 2. The molecule has 0 aromatic carbocycles. The maximum absolute atomic E-state index is 11.8. The first-order valence-electron chi connectivity index (χ1n) is 15.3. The Morgan fingerprint density at radius 3 is 1.08 bits per heavy atom. The van der Waals surface area contributed by atoms with Crippen LogP contribution < -0.4 is 0 Å². The van der Waals surface area contributed by atoms with E-state index in [0.717, 1.165) is 50.4 Å². The molecule has 0 spiro atoms. The number of carbonyl (C=O) groups is 2. The zero-order valence-electron chi connectivity index (χ0n) is 24.4. The SMILES string of the molecule is CC(C)CCCCCCCCCCCC(=O)OC[C@@H](O)COC(=O)CCCCCCCCCC(C)C. The summed E-state index contributed by atoms with van der Waals surface area (Å²) >= 11 is 0. The van der Waals surface area contributed by atoms with Gasteiger partial charge in [-0.15, -0.1) is 0 Å². The van der Waals surface area contributed by atoms with Gasteiger partial charge in [-0.1, -0.05) is 130 Å². The van der Waals surface area contributed by atoms with Crippen LogP contribution in [0.15, 0.2) is 0 Å². The lowest BCUT2D eigenvalue weighted by atomic mass is 10.0. The molecule has 214 valence electrons. The Kier molecular flexibility index (Phi) is 24.8. The van der Waals surface area contributed by atoms with Crippen molar-refractivity contribution in [3.8, 4) is 0 Å². The molecule has 0 rings (SSSR count). The molecule has 1 atom stereocenters. The third kappa shape index (κ3) is 27.5. The highest BCUT2D eigenvalue weighted by atomic mass is 16.6. The van der Waals surface area contributed by atoms with E-state index in [1.54, 1.807) is 0 Å². The normalized spacial score (nSPS) is 12.3. The number of hydrogen-bond donors (Lipinski definition) is 1. The monoisotopic (exact) mass is 512 g/mol. The molecule has 0 aliphatic rings. The Morgan fingerprint density at radius 1 is 0.500 bits per heavy atom. The molecule has 1 N–H and O–H groups in total. The number of hydrogen-bond acceptors (Lipinski definition) is 5. The van der Waals surface area contributed by atoms with Crippen molar-refractivity contribution in [2.45, 2.75) is 162 Å². The Morgan fingerprint density at radius 2 is 0.778 bits per heavy atom. The minimum atomic E-state index is -0.954. The lowest BCUT2D eigenvalue weighted by Gasteiger charge is -2.12. The van der Waals surface area contributed by atoms with Crippen LogP contribution in [-0.2, 0) is 19.1 Å². The van der Waals surface area contributed by atoms with E-state index in [4.69, 9.17) is 9.47 Å². The molecule has 0 aromatic heterocycles. The number of aliphatic hydroxyl groups is 1. The lowest BCUT2D eigenvalue weighted by molar-refractivity contribution is -0.152. The van der Waals surface area contributed by atoms with Crippen molar-refractivity contribution in [2.75, 3.05) is 13.2 Å². The van der Waals surface area contributed by atoms with Crippen LogP contribution in [0.5, 0.6) is 0 Å². The average molecular weight is 513 g/mol. The smallest absolute Gasteiger partial charge is 0.305 e. The molecule has 0 bridgehead atoms. The van der Waals surface area contributed by atoms with Gasteiger partial charge in [-0.05, 0) is 24.7 Å². The van der Waals surface area contributed by atoms with E-state index in [1.165, 1.54) is 77.0 Å². The molecule has 0 amide bonds. The molecule has 36 heavy (non-hydrogen) atoms. The summed E-state index contributed by atoms with van der Waals surface area (Å²) in [5.74, 6) is 1.05. The van der Waals surface area contributed by atoms with Crippen molar-refractivity contribution in [1.82, 2.24) is 0 Å². The van der Waals surface area contributed by atoms with Gasteiger partial charge in [-0.3, -0.25) is 9.59 Å². The summed E-state index contributed by atoms with van der Waals surface area (Å²) in [4.78, 5) is 23.7. The van der Waals surface area contributed by atoms with Crippen LogP contribution in [0, 0.1) is 11.8 Å². The largest absolute Gasteiger partial charge is 0.463 e. The number of ether oxygens (including phenoxy) is 2. The van der Waals surface area contributed by atoms with Crippen LogP contribution in [0.1, 0.15) is 156 Å². The second-order valence-electron chi connectivity index (χ2n) is 11.5. The number of rotatable bonds is 26. The van der Waals surface area contributed by atoms with Gasteiger partial charge in [0.2, 0.25) is 0 Å². The number of esters is 2. The molecule has 5 heteroatoms. The van der Waals surface area contributed by atoms with Crippen LogP contribution in [0.2, 0.25) is 0 Å². The van der Waals surface area contributed by atoms with Gasteiger partial charge in [0.1, 0.15) is 19.3 Å². The summed E-state index contributed by atoms with van der Waals surface area (Å²) in [5.41, 5.74) is 0. The molecule has 0 radical (unpaired) electrons. The van der Waals surface area contributed by atoms with Gasteiger partial charge in [0, 0.05) is 12.8 Å². The van der Waals surface area contributed by atoms with Gasteiger partial charge in [0.15, 0.2) is 0 Å². The summed E-state index contributed by atoms with van der Waals surface area (Å²) in [6.07, 6.45) is 21.6. The first-order chi connectivity index (χ1) is 17.3. The van der Waals surface area contributed by atoms with Crippen molar-refractivity contribution >= 4 is 11.9 Å². The van der Waals surface area contributed by atoms with E-state index >= 15 is 0 Å². The minimum Gasteiger partial charge on any atom is -0.463 e. The second-order valence-corrected chi connectivity index (χ2v) is 11.5. The van der Waals surface area contributed by atoms with Gasteiger partial charge in [-0.2, -0.15) is 0 Å². The highest BCUT2D eigenvalue weighted by Crippen LogP contribution is 2.14. The lowest BCUT2D eigenvalue weighted by Crippen LogP contribution is -2.25. The topological polar surface area (TPSA) is 72.8 Å². The summed E-state index contributed by atoms with van der Waals surface area (Å²) in [6.45, 7) is 8.89. The van der Waals surface area contributed by atoms with Gasteiger partial charge in [0.05, 0.1) is 0 Å². The highest BCUT2D eigenvalue weighted by molar-refractivity contribution is 5.69. The van der Waals surface area contributed by atoms with E-state index in [2.05, 4.69) is 27.7 Å².